The summed E-state index contributed by atoms with van der Waals surface area (Å²) in [5.41, 5.74) is 2.37. The van der Waals surface area contributed by atoms with Crippen molar-refractivity contribution >= 4 is 0 Å². The summed E-state index contributed by atoms with van der Waals surface area (Å²) in [5, 5.41) is 3.30. The van der Waals surface area contributed by atoms with Crippen LogP contribution in [0, 0.1) is 0 Å². The minimum Gasteiger partial charge on any atom is -0.486 e. The Hall–Kier alpha value is -1.48. The van der Waals surface area contributed by atoms with Crippen molar-refractivity contribution in [3.05, 3.63) is 35.9 Å². The summed E-state index contributed by atoms with van der Waals surface area (Å²) in [6.45, 7) is 7.26. The molecule has 0 fully saturated rings. The number of rotatable bonds is 4. The molecule has 0 spiro atoms. The Morgan fingerprint density at radius 1 is 1.35 bits per heavy atom. The Balaban J connectivity index is 2.22. The van der Waals surface area contributed by atoms with E-state index in [-0.39, 0.29) is 6.04 Å². The second-order valence-electron chi connectivity index (χ2n) is 4.41. The lowest BCUT2D eigenvalue weighted by Gasteiger charge is -2.22. The maximum atomic E-state index is 5.59. The number of benzene rings is 1. The summed E-state index contributed by atoms with van der Waals surface area (Å²) in [4.78, 5) is 0. The normalized spacial score (nSPS) is 15.4. The predicted molar refractivity (Wildman–Crippen MR) is 68.7 cm³/mol. The summed E-state index contributed by atoms with van der Waals surface area (Å²) in [6, 6.07) is 6.39. The Morgan fingerprint density at radius 3 is 2.71 bits per heavy atom. The first-order valence-electron chi connectivity index (χ1n) is 5.92. The van der Waals surface area contributed by atoms with Gasteiger partial charge in [-0.3, -0.25) is 0 Å². The van der Waals surface area contributed by atoms with Gasteiger partial charge in [-0.1, -0.05) is 11.6 Å². The zero-order valence-electron chi connectivity index (χ0n) is 10.5. The zero-order chi connectivity index (χ0) is 12.3. The summed E-state index contributed by atoms with van der Waals surface area (Å²) >= 11 is 0. The summed E-state index contributed by atoms with van der Waals surface area (Å²) < 4.78 is 11.1. The molecule has 0 aromatic heterocycles. The standard InChI is InChI=1S/C14H19NO2/c1-10(2)8-12(15-3)11-4-5-13-14(9-11)17-7-6-16-13/h4-5,9,12,15H,1,6-8H2,2-3H3. The van der Waals surface area contributed by atoms with E-state index in [0.717, 1.165) is 17.9 Å². The second kappa shape index (κ2) is 5.23. The third kappa shape index (κ3) is 2.80. The molecular weight excluding hydrogens is 214 g/mol. The van der Waals surface area contributed by atoms with Crippen molar-refractivity contribution in [1.82, 2.24) is 5.32 Å². The van der Waals surface area contributed by atoms with Gasteiger partial charge < -0.3 is 14.8 Å². The number of hydrogen-bond acceptors (Lipinski definition) is 3. The van der Waals surface area contributed by atoms with Gasteiger partial charge >= 0.3 is 0 Å². The molecule has 0 amide bonds. The summed E-state index contributed by atoms with van der Waals surface area (Å²) in [6.07, 6.45) is 0.927. The highest BCUT2D eigenvalue weighted by Gasteiger charge is 2.15. The van der Waals surface area contributed by atoms with Crippen LogP contribution in [0.15, 0.2) is 30.4 Å². The van der Waals surface area contributed by atoms with E-state index in [4.69, 9.17) is 9.47 Å². The summed E-state index contributed by atoms with van der Waals surface area (Å²) in [7, 11) is 1.96. The van der Waals surface area contributed by atoms with Crippen molar-refractivity contribution in [2.45, 2.75) is 19.4 Å². The number of fused-ring (bicyclic) bond motifs is 1. The van der Waals surface area contributed by atoms with Gasteiger partial charge in [0.15, 0.2) is 11.5 Å². The van der Waals surface area contributed by atoms with E-state index < -0.39 is 0 Å². The molecule has 0 aliphatic carbocycles. The van der Waals surface area contributed by atoms with Crippen LogP contribution in [-0.4, -0.2) is 20.3 Å². The van der Waals surface area contributed by atoms with Crippen LogP contribution in [0.4, 0.5) is 0 Å². The molecule has 3 nitrogen and oxygen atoms in total. The minimum absolute atomic E-state index is 0.281. The molecule has 2 rings (SSSR count). The molecule has 1 aromatic carbocycles. The van der Waals surface area contributed by atoms with E-state index in [2.05, 4.69) is 24.0 Å². The Morgan fingerprint density at radius 2 is 2.06 bits per heavy atom. The second-order valence-corrected chi connectivity index (χ2v) is 4.41. The van der Waals surface area contributed by atoms with E-state index in [0.29, 0.717) is 13.2 Å². The first-order chi connectivity index (χ1) is 8.20. The lowest BCUT2D eigenvalue weighted by Crippen LogP contribution is -2.19. The third-order valence-corrected chi connectivity index (χ3v) is 2.87. The van der Waals surface area contributed by atoms with Crippen LogP contribution in [-0.2, 0) is 0 Å². The highest BCUT2D eigenvalue weighted by atomic mass is 16.6. The predicted octanol–water partition coefficient (Wildman–Crippen LogP) is 2.68. The van der Waals surface area contributed by atoms with Crippen LogP contribution in [0.1, 0.15) is 24.9 Å². The fraction of sp³-hybridized carbons (Fsp3) is 0.429. The van der Waals surface area contributed by atoms with Crippen molar-refractivity contribution in [1.29, 1.82) is 0 Å². The van der Waals surface area contributed by atoms with Gasteiger partial charge in [0.2, 0.25) is 0 Å². The average molecular weight is 233 g/mol. The van der Waals surface area contributed by atoms with Crippen LogP contribution in [0.5, 0.6) is 11.5 Å². The molecule has 1 aliphatic rings. The van der Waals surface area contributed by atoms with Gasteiger partial charge in [0.1, 0.15) is 13.2 Å². The van der Waals surface area contributed by atoms with Gasteiger partial charge in [-0.05, 0) is 38.1 Å². The van der Waals surface area contributed by atoms with Crippen LogP contribution >= 0.6 is 0 Å². The molecular formula is C14H19NO2. The van der Waals surface area contributed by atoms with Gasteiger partial charge in [-0.15, -0.1) is 6.58 Å². The van der Waals surface area contributed by atoms with Crippen molar-refractivity contribution in [2.24, 2.45) is 0 Å². The van der Waals surface area contributed by atoms with Gasteiger partial charge in [-0.25, -0.2) is 0 Å². The number of ether oxygens (including phenoxy) is 2. The fourth-order valence-corrected chi connectivity index (χ4v) is 2.01. The fourth-order valence-electron chi connectivity index (χ4n) is 2.01. The van der Waals surface area contributed by atoms with Crippen molar-refractivity contribution < 1.29 is 9.47 Å². The van der Waals surface area contributed by atoms with E-state index in [1.807, 2.05) is 20.0 Å². The van der Waals surface area contributed by atoms with Crippen LogP contribution < -0.4 is 14.8 Å². The van der Waals surface area contributed by atoms with Gasteiger partial charge in [0.25, 0.3) is 0 Å². The van der Waals surface area contributed by atoms with E-state index in [1.54, 1.807) is 0 Å². The molecule has 0 saturated heterocycles. The molecule has 1 aliphatic heterocycles. The summed E-state index contributed by atoms with van der Waals surface area (Å²) in [5.74, 6) is 1.68. The maximum absolute atomic E-state index is 5.59. The van der Waals surface area contributed by atoms with Crippen molar-refractivity contribution in [2.75, 3.05) is 20.3 Å². The topological polar surface area (TPSA) is 30.5 Å². The molecule has 1 atom stereocenters. The van der Waals surface area contributed by atoms with Crippen molar-refractivity contribution in [3.63, 3.8) is 0 Å². The molecule has 0 saturated carbocycles. The molecule has 17 heavy (non-hydrogen) atoms. The first kappa shape index (κ1) is 12.0. The monoisotopic (exact) mass is 233 g/mol. The molecule has 1 N–H and O–H groups in total. The SMILES string of the molecule is C=C(C)CC(NC)c1ccc2c(c1)OCCO2. The molecule has 0 bridgehead atoms. The molecule has 0 radical (unpaired) electrons. The Kier molecular flexibility index (Phi) is 3.69. The van der Waals surface area contributed by atoms with Gasteiger partial charge in [-0.2, -0.15) is 0 Å². The van der Waals surface area contributed by atoms with Crippen LogP contribution in [0.2, 0.25) is 0 Å². The van der Waals surface area contributed by atoms with Gasteiger partial charge in [0.05, 0.1) is 0 Å². The maximum Gasteiger partial charge on any atom is 0.161 e. The average Bonchev–Trinajstić information content (AvgIpc) is 2.35. The minimum atomic E-state index is 0.281. The Labute approximate surface area is 102 Å². The lowest BCUT2D eigenvalue weighted by atomic mass is 10.00. The highest BCUT2D eigenvalue weighted by molar-refractivity contribution is 5.44. The van der Waals surface area contributed by atoms with E-state index >= 15 is 0 Å². The zero-order valence-corrected chi connectivity index (χ0v) is 10.5. The third-order valence-electron chi connectivity index (χ3n) is 2.87. The van der Waals surface area contributed by atoms with E-state index in [1.165, 1.54) is 11.1 Å². The lowest BCUT2D eigenvalue weighted by molar-refractivity contribution is 0.171. The van der Waals surface area contributed by atoms with Crippen LogP contribution in [0.25, 0.3) is 0 Å². The van der Waals surface area contributed by atoms with Crippen molar-refractivity contribution in [3.8, 4) is 11.5 Å². The smallest absolute Gasteiger partial charge is 0.161 e. The number of nitrogens with one attached hydrogen (secondary N) is 1. The molecule has 3 heteroatoms. The molecule has 92 valence electrons. The highest BCUT2D eigenvalue weighted by Crippen LogP contribution is 2.33. The quantitative estimate of drug-likeness (QED) is 0.811. The largest absolute Gasteiger partial charge is 0.486 e. The Bertz CT molecular complexity index is 415. The molecule has 1 aromatic rings. The molecule has 1 unspecified atom stereocenters. The number of hydrogen-bond donors (Lipinski definition) is 1. The van der Waals surface area contributed by atoms with E-state index in [9.17, 15) is 0 Å². The molecule has 1 heterocycles. The van der Waals surface area contributed by atoms with Crippen LogP contribution in [0.3, 0.4) is 0 Å². The first-order valence-corrected chi connectivity index (χ1v) is 5.92. The van der Waals surface area contributed by atoms with Gasteiger partial charge in [0, 0.05) is 6.04 Å².